The van der Waals surface area contributed by atoms with Crippen molar-refractivity contribution in [3.05, 3.63) is 35.9 Å². The van der Waals surface area contributed by atoms with Gasteiger partial charge < -0.3 is 15.0 Å². The van der Waals surface area contributed by atoms with Crippen molar-refractivity contribution in [2.75, 3.05) is 33.8 Å². The Labute approximate surface area is 111 Å². The number of hydrogen-bond donors (Lipinski definition) is 1. The fourth-order valence-electron chi connectivity index (χ4n) is 1.90. The van der Waals surface area contributed by atoms with Crippen LogP contribution in [0.15, 0.2) is 30.3 Å². The van der Waals surface area contributed by atoms with Crippen LogP contribution in [-0.4, -0.2) is 44.8 Å². The Balaban J connectivity index is 2.39. The van der Waals surface area contributed by atoms with Gasteiger partial charge in [0, 0.05) is 19.1 Å². The highest BCUT2D eigenvalue weighted by Crippen LogP contribution is 2.12. The summed E-state index contributed by atoms with van der Waals surface area (Å²) in [5.74, 6) is 0. The summed E-state index contributed by atoms with van der Waals surface area (Å²) < 4.78 is 5.57. The van der Waals surface area contributed by atoms with Crippen LogP contribution in [0.3, 0.4) is 0 Å². The van der Waals surface area contributed by atoms with E-state index in [2.05, 4.69) is 61.4 Å². The Morgan fingerprint density at radius 2 is 1.89 bits per heavy atom. The van der Waals surface area contributed by atoms with Crippen molar-refractivity contribution in [1.29, 1.82) is 0 Å². The van der Waals surface area contributed by atoms with Crippen molar-refractivity contribution in [3.8, 4) is 0 Å². The van der Waals surface area contributed by atoms with Gasteiger partial charge in [-0.05, 0) is 33.5 Å². The molecule has 1 aromatic carbocycles. The minimum Gasteiger partial charge on any atom is -0.377 e. The van der Waals surface area contributed by atoms with Crippen LogP contribution < -0.4 is 5.32 Å². The second kappa shape index (κ2) is 8.25. The second-order valence-corrected chi connectivity index (χ2v) is 4.93. The van der Waals surface area contributed by atoms with Crippen molar-refractivity contribution < 1.29 is 4.74 Å². The molecule has 102 valence electrons. The molecule has 1 rings (SSSR count). The van der Waals surface area contributed by atoms with Crippen LogP contribution >= 0.6 is 0 Å². The molecule has 1 atom stereocenters. The quantitative estimate of drug-likeness (QED) is 0.766. The first kappa shape index (κ1) is 15.2. The van der Waals surface area contributed by atoms with E-state index in [0.29, 0.717) is 12.1 Å². The largest absolute Gasteiger partial charge is 0.377 e. The molecule has 0 bridgehead atoms. The lowest BCUT2D eigenvalue weighted by atomic mass is 10.1. The van der Waals surface area contributed by atoms with Crippen LogP contribution in [-0.2, 0) is 4.74 Å². The minimum absolute atomic E-state index is 0.313. The molecular formula is C15H26N2O. The molecule has 1 aromatic rings. The number of nitrogens with one attached hydrogen (secondary N) is 1. The molecule has 3 nitrogen and oxygen atoms in total. The molecule has 1 unspecified atom stereocenters. The zero-order valence-corrected chi connectivity index (χ0v) is 12.0. The van der Waals surface area contributed by atoms with Crippen LogP contribution in [0.4, 0.5) is 0 Å². The van der Waals surface area contributed by atoms with Crippen molar-refractivity contribution in [1.82, 2.24) is 10.2 Å². The van der Waals surface area contributed by atoms with E-state index < -0.39 is 0 Å². The lowest BCUT2D eigenvalue weighted by Crippen LogP contribution is -2.33. The Kier molecular flexibility index (Phi) is 6.94. The number of rotatable bonds is 8. The Morgan fingerprint density at radius 1 is 1.22 bits per heavy atom. The summed E-state index contributed by atoms with van der Waals surface area (Å²) in [5.41, 5.74) is 1.33. The third-order valence-electron chi connectivity index (χ3n) is 2.97. The molecule has 0 spiro atoms. The molecule has 1 N–H and O–H groups in total. The monoisotopic (exact) mass is 250 g/mol. The van der Waals surface area contributed by atoms with Gasteiger partial charge in [0.2, 0.25) is 0 Å². The van der Waals surface area contributed by atoms with Gasteiger partial charge in [0.25, 0.3) is 0 Å². The zero-order chi connectivity index (χ0) is 13.4. The zero-order valence-electron chi connectivity index (χ0n) is 12.0. The number of benzene rings is 1. The summed E-state index contributed by atoms with van der Waals surface area (Å²) in [6.07, 6.45) is 0.313. The van der Waals surface area contributed by atoms with Gasteiger partial charge in [-0.25, -0.2) is 0 Å². The lowest BCUT2D eigenvalue weighted by molar-refractivity contribution is 0.0624. The van der Waals surface area contributed by atoms with Crippen molar-refractivity contribution in [2.24, 2.45) is 0 Å². The number of ether oxygens (including phenoxy) is 1. The van der Waals surface area contributed by atoms with E-state index in [0.717, 1.165) is 19.7 Å². The molecule has 0 saturated heterocycles. The molecule has 0 amide bonds. The van der Waals surface area contributed by atoms with Gasteiger partial charge in [0.15, 0.2) is 0 Å². The van der Waals surface area contributed by atoms with E-state index in [1.54, 1.807) is 0 Å². The van der Waals surface area contributed by atoms with E-state index in [-0.39, 0.29) is 0 Å². The molecule has 0 aromatic heterocycles. The molecule has 0 aliphatic heterocycles. The van der Waals surface area contributed by atoms with Gasteiger partial charge in [0.1, 0.15) is 0 Å². The Bertz CT molecular complexity index is 314. The maximum absolute atomic E-state index is 5.57. The third kappa shape index (κ3) is 5.63. The maximum atomic E-state index is 5.57. The van der Waals surface area contributed by atoms with E-state index in [4.69, 9.17) is 4.74 Å². The summed E-state index contributed by atoms with van der Waals surface area (Å²) in [6.45, 7) is 6.88. The van der Waals surface area contributed by atoms with E-state index >= 15 is 0 Å². The summed E-state index contributed by atoms with van der Waals surface area (Å²) in [5, 5.41) is 3.37. The number of likely N-dealkylation sites (N-methyl/N-ethyl adjacent to an activating group) is 2. The minimum atomic E-state index is 0.313. The molecule has 0 heterocycles. The first-order chi connectivity index (χ1) is 8.63. The van der Waals surface area contributed by atoms with Crippen molar-refractivity contribution in [3.63, 3.8) is 0 Å². The molecule has 0 saturated carbocycles. The summed E-state index contributed by atoms with van der Waals surface area (Å²) >= 11 is 0. The lowest BCUT2D eigenvalue weighted by Gasteiger charge is -2.24. The predicted molar refractivity (Wildman–Crippen MR) is 76.8 cm³/mol. The van der Waals surface area contributed by atoms with Crippen LogP contribution in [0.1, 0.15) is 25.5 Å². The standard InChI is InChI=1S/C15H26N2O/c1-13(2)18-11-10-17(4)12-15(16-3)14-8-6-5-7-9-14/h5-9,13,15-16H,10-12H2,1-4H3. The van der Waals surface area contributed by atoms with Crippen molar-refractivity contribution in [2.45, 2.75) is 26.0 Å². The van der Waals surface area contributed by atoms with Gasteiger partial charge >= 0.3 is 0 Å². The molecule has 3 heteroatoms. The number of hydrogen-bond acceptors (Lipinski definition) is 3. The highest BCUT2D eigenvalue weighted by atomic mass is 16.5. The Hall–Kier alpha value is -0.900. The van der Waals surface area contributed by atoms with Crippen LogP contribution in [0.5, 0.6) is 0 Å². The average molecular weight is 250 g/mol. The number of nitrogens with zero attached hydrogens (tertiary/aromatic N) is 1. The fourth-order valence-corrected chi connectivity index (χ4v) is 1.90. The molecule has 18 heavy (non-hydrogen) atoms. The predicted octanol–water partition coefficient (Wildman–Crippen LogP) is 2.30. The highest BCUT2D eigenvalue weighted by molar-refractivity contribution is 5.19. The topological polar surface area (TPSA) is 24.5 Å². The molecule has 0 radical (unpaired) electrons. The Morgan fingerprint density at radius 3 is 2.44 bits per heavy atom. The summed E-state index contributed by atoms with van der Waals surface area (Å²) in [7, 11) is 4.15. The molecule has 0 fully saturated rings. The first-order valence-corrected chi connectivity index (χ1v) is 6.66. The summed E-state index contributed by atoms with van der Waals surface area (Å²) in [6, 6.07) is 10.9. The molecule has 0 aliphatic carbocycles. The van der Waals surface area contributed by atoms with Gasteiger partial charge in [-0.1, -0.05) is 30.3 Å². The van der Waals surface area contributed by atoms with Crippen molar-refractivity contribution >= 4 is 0 Å². The normalized spacial score (nSPS) is 13.2. The first-order valence-electron chi connectivity index (χ1n) is 6.66. The molecule has 0 aliphatic rings. The summed E-state index contributed by atoms with van der Waals surface area (Å²) in [4.78, 5) is 2.30. The van der Waals surface area contributed by atoms with E-state index in [1.807, 2.05) is 7.05 Å². The third-order valence-corrected chi connectivity index (χ3v) is 2.97. The smallest absolute Gasteiger partial charge is 0.0596 e. The second-order valence-electron chi connectivity index (χ2n) is 4.93. The molecular weight excluding hydrogens is 224 g/mol. The van der Waals surface area contributed by atoms with E-state index in [1.165, 1.54) is 5.56 Å². The van der Waals surface area contributed by atoms with Crippen LogP contribution in [0.25, 0.3) is 0 Å². The fraction of sp³-hybridized carbons (Fsp3) is 0.600. The van der Waals surface area contributed by atoms with Gasteiger partial charge in [0.05, 0.1) is 12.7 Å². The SMILES string of the molecule is CNC(CN(C)CCOC(C)C)c1ccccc1. The maximum Gasteiger partial charge on any atom is 0.0596 e. The van der Waals surface area contributed by atoms with Gasteiger partial charge in [-0.3, -0.25) is 0 Å². The average Bonchev–Trinajstić information content (AvgIpc) is 2.36. The van der Waals surface area contributed by atoms with E-state index in [9.17, 15) is 0 Å². The van der Waals surface area contributed by atoms with Gasteiger partial charge in [-0.2, -0.15) is 0 Å². The van der Waals surface area contributed by atoms with Crippen LogP contribution in [0, 0.1) is 0 Å². The highest BCUT2D eigenvalue weighted by Gasteiger charge is 2.11. The van der Waals surface area contributed by atoms with Gasteiger partial charge in [-0.15, -0.1) is 0 Å². The van der Waals surface area contributed by atoms with Crippen LogP contribution in [0.2, 0.25) is 0 Å².